The Hall–Kier alpha value is -2.02. The maximum absolute atomic E-state index is 13.2. The number of rotatable bonds is 4. The molecule has 1 aromatic rings. The molecule has 0 bridgehead atoms. The maximum Gasteiger partial charge on any atom is 0.226 e. The quantitative estimate of drug-likeness (QED) is 0.591. The highest BCUT2D eigenvalue weighted by Crippen LogP contribution is 2.33. The van der Waals surface area contributed by atoms with Gasteiger partial charge in [0.15, 0.2) is 0 Å². The molecule has 0 spiro atoms. The van der Waals surface area contributed by atoms with Gasteiger partial charge in [-0.1, -0.05) is 36.5 Å². The molecule has 1 aromatic carbocycles. The zero-order valence-electron chi connectivity index (χ0n) is 15.9. The van der Waals surface area contributed by atoms with Crippen LogP contribution in [0.1, 0.15) is 24.3 Å². The number of nitrogens with zero attached hydrogens (tertiary/aromatic N) is 3. The van der Waals surface area contributed by atoms with Crippen LogP contribution in [-0.2, 0) is 4.79 Å². The molecule has 28 heavy (non-hydrogen) atoms. The smallest absolute Gasteiger partial charge is 0.226 e. The van der Waals surface area contributed by atoms with Gasteiger partial charge in [-0.05, 0) is 31.0 Å². The Balaban J connectivity index is 1.43. The first-order valence-corrected chi connectivity index (χ1v) is 10.1. The fraction of sp³-hybridized carbons (Fsp3) is 0.600. The number of carbonyl (C=O) groups excluding carboxylic acids is 1. The molecule has 150 valence electrons. The summed E-state index contributed by atoms with van der Waals surface area (Å²) in [6.07, 6.45) is 0.700. The van der Waals surface area contributed by atoms with Crippen molar-refractivity contribution in [3.63, 3.8) is 0 Å². The number of carbonyl (C=O) groups is 1. The lowest BCUT2D eigenvalue weighted by Crippen LogP contribution is -2.59. The molecule has 8 heteroatoms. The van der Waals surface area contributed by atoms with Crippen LogP contribution >= 0.6 is 0 Å². The van der Waals surface area contributed by atoms with Crippen LogP contribution in [0.15, 0.2) is 30.3 Å². The van der Waals surface area contributed by atoms with Gasteiger partial charge in [-0.15, -0.1) is 0 Å². The van der Waals surface area contributed by atoms with Crippen molar-refractivity contribution < 1.29 is 4.79 Å². The molecular weight excluding hydrogens is 354 g/mol. The van der Waals surface area contributed by atoms with Crippen molar-refractivity contribution in [3.05, 3.63) is 41.3 Å². The summed E-state index contributed by atoms with van der Waals surface area (Å²) < 4.78 is 0. The molecule has 8 nitrogen and oxygen atoms in total. The highest BCUT2D eigenvalue weighted by atomic mass is 16.2. The fourth-order valence-electron chi connectivity index (χ4n) is 4.65. The number of hydrogen-bond acceptors (Lipinski definition) is 6. The molecule has 0 aromatic heterocycles. The Morgan fingerprint density at radius 1 is 1.36 bits per heavy atom. The monoisotopic (exact) mass is 382 g/mol. The average molecular weight is 382 g/mol. The van der Waals surface area contributed by atoms with Gasteiger partial charge in [-0.2, -0.15) is 5.26 Å². The first-order chi connectivity index (χ1) is 13.7. The van der Waals surface area contributed by atoms with Gasteiger partial charge in [0, 0.05) is 31.5 Å². The normalized spacial score (nSPS) is 35.7. The van der Waals surface area contributed by atoms with Crippen molar-refractivity contribution in [2.75, 3.05) is 26.2 Å². The molecule has 3 aliphatic rings. The minimum atomic E-state index is -0.565. The number of amides is 1. The summed E-state index contributed by atoms with van der Waals surface area (Å²) >= 11 is 0. The Kier molecular flexibility index (Phi) is 5.90. The molecule has 3 fully saturated rings. The minimum absolute atomic E-state index is 0.0276. The summed E-state index contributed by atoms with van der Waals surface area (Å²) in [6, 6.07) is 12.6. The van der Waals surface area contributed by atoms with Gasteiger partial charge in [0.05, 0.1) is 18.2 Å². The standard InChI is InChI=1S/C20H28N7O/c21-8-6-13-10-24-19-17(18(22)26-27(19)12-13)20(28)25-16-11-23-9-7-15(16)14-4-2-1-3-5-14/h1-5,13,15-19,23-24H,6-7,9-12,22H2,(H,25,28)/q-1. The highest BCUT2D eigenvalue weighted by molar-refractivity contribution is 5.81. The Morgan fingerprint density at radius 3 is 2.96 bits per heavy atom. The van der Waals surface area contributed by atoms with Crippen molar-refractivity contribution >= 4 is 5.91 Å². The molecule has 4 rings (SSSR count). The summed E-state index contributed by atoms with van der Waals surface area (Å²) in [5, 5.41) is 20.8. The molecule has 1 amide bonds. The number of benzene rings is 1. The van der Waals surface area contributed by atoms with E-state index < -0.39 is 12.1 Å². The van der Waals surface area contributed by atoms with Crippen LogP contribution in [0.4, 0.5) is 0 Å². The lowest BCUT2D eigenvalue weighted by molar-refractivity contribution is -0.127. The van der Waals surface area contributed by atoms with Crippen molar-refractivity contribution in [1.29, 1.82) is 5.26 Å². The van der Waals surface area contributed by atoms with Gasteiger partial charge in [-0.3, -0.25) is 4.79 Å². The second-order valence-electron chi connectivity index (χ2n) is 7.96. The van der Waals surface area contributed by atoms with Crippen LogP contribution in [-0.4, -0.2) is 55.5 Å². The second kappa shape index (κ2) is 8.55. The van der Waals surface area contributed by atoms with Crippen molar-refractivity contribution in [1.82, 2.24) is 21.0 Å². The zero-order valence-corrected chi connectivity index (χ0v) is 15.9. The summed E-state index contributed by atoms with van der Waals surface area (Å²) in [5.74, 6) is 0.0198. The van der Waals surface area contributed by atoms with Gasteiger partial charge in [-0.25, -0.2) is 0 Å². The fourth-order valence-corrected chi connectivity index (χ4v) is 4.65. The summed E-state index contributed by atoms with van der Waals surface area (Å²) in [7, 11) is 0. The lowest BCUT2D eigenvalue weighted by atomic mass is 9.85. The maximum atomic E-state index is 13.2. The number of nitrogens with two attached hydrogens (primary N) is 1. The number of fused-ring (bicyclic) bond motifs is 1. The molecule has 0 aliphatic carbocycles. The number of nitrogens with one attached hydrogen (secondary N) is 3. The SMILES string of the molecule is N#CCC1CNC2C(C(=O)NC3CNCCC3c3ccccc3)C(N)[N-]N2C1. The van der Waals surface area contributed by atoms with Crippen LogP contribution in [0.2, 0.25) is 0 Å². The molecule has 3 aliphatic heterocycles. The Morgan fingerprint density at radius 2 is 2.18 bits per heavy atom. The summed E-state index contributed by atoms with van der Waals surface area (Å²) in [4.78, 5) is 13.2. The van der Waals surface area contributed by atoms with E-state index in [1.807, 2.05) is 23.2 Å². The van der Waals surface area contributed by atoms with Crippen LogP contribution in [0.5, 0.6) is 0 Å². The molecular formula is C20H28N7O-. The molecule has 3 heterocycles. The average Bonchev–Trinajstić information content (AvgIpc) is 3.04. The van der Waals surface area contributed by atoms with E-state index in [1.54, 1.807) is 0 Å². The van der Waals surface area contributed by atoms with E-state index in [0.29, 0.717) is 19.5 Å². The minimum Gasteiger partial charge on any atom is -0.578 e. The van der Waals surface area contributed by atoms with Gasteiger partial charge in [0.2, 0.25) is 5.91 Å². The van der Waals surface area contributed by atoms with Gasteiger partial charge in [0.25, 0.3) is 0 Å². The highest BCUT2D eigenvalue weighted by Gasteiger charge is 2.41. The number of piperidine rings is 1. The van der Waals surface area contributed by atoms with E-state index in [4.69, 9.17) is 11.0 Å². The van der Waals surface area contributed by atoms with E-state index in [1.165, 1.54) is 5.56 Å². The summed E-state index contributed by atoms with van der Waals surface area (Å²) in [6.45, 7) is 3.07. The van der Waals surface area contributed by atoms with Crippen LogP contribution in [0, 0.1) is 23.2 Å². The number of hydrogen-bond donors (Lipinski definition) is 4. The van der Waals surface area contributed by atoms with Crippen LogP contribution in [0.3, 0.4) is 0 Å². The molecule has 0 saturated carbocycles. The third kappa shape index (κ3) is 3.90. The van der Waals surface area contributed by atoms with E-state index in [2.05, 4.69) is 39.6 Å². The largest absolute Gasteiger partial charge is 0.578 e. The predicted molar refractivity (Wildman–Crippen MR) is 106 cm³/mol. The van der Waals surface area contributed by atoms with E-state index in [9.17, 15) is 4.79 Å². The van der Waals surface area contributed by atoms with Gasteiger partial charge < -0.3 is 32.1 Å². The molecule has 6 unspecified atom stereocenters. The Bertz CT molecular complexity index is 721. The first kappa shape index (κ1) is 19.3. The molecule has 5 N–H and O–H groups in total. The lowest BCUT2D eigenvalue weighted by Gasteiger charge is -2.43. The van der Waals surface area contributed by atoms with Crippen LogP contribution in [0.25, 0.3) is 5.43 Å². The molecule has 3 saturated heterocycles. The molecule has 6 atom stereocenters. The zero-order chi connectivity index (χ0) is 19.5. The van der Waals surface area contributed by atoms with Crippen molar-refractivity contribution in [2.24, 2.45) is 17.6 Å². The van der Waals surface area contributed by atoms with Crippen molar-refractivity contribution in [3.8, 4) is 6.07 Å². The van der Waals surface area contributed by atoms with E-state index in [-0.39, 0.29) is 30.0 Å². The summed E-state index contributed by atoms with van der Waals surface area (Å²) in [5.41, 5.74) is 12.0. The third-order valence-corrected chi connectivity index (χ3v) is 6.09. The van der Waals surface area contributed by atoms with E-state index in [0.717, 1.165) is 19.5 Å². The van der Waals surface area contributed by atoms with Gasteiger partial charge >= 0.3 is 0 Å². The topological polar surface area (TPSA) is 120 Å². The Labute approximate surface area is 165 Å². The first-order valence-electron chi connectivity index (χ1n) is 10.1. The third-order valence-electron chi connectivity index (χ3n) is 6.09. The van der Waals surface area contributed by atoms with Gasteiger partial charge in [0.1, 0.15) is 0 Å². The predicted octanol–water partition coefficient (Wildman–Crippen LogP) is 0.213. The van der Waals surface area contributed by atoms with Crippen LogP contribution < -0.4 is 21.7 Å². The van der Waals surface area contributed by atoms with E-state index >= 15 is 0 Å². The molecule has 0 radical (unpaired) electrons. The van der Waals surface area contributed by atoms with Crippen molar-refractivity contribution in [2.45, 2.75) is 37.1 Å². The second-order valence-corrected chi connectivity index (χ2v) is 7.96. The number of nitriles is 1.